The molecule has 1 aromatic carbocycles. The molecule has 3 aliphatic carbocycles. The molecule has 0 aliphatic heterocycles. The molecule has 0 spiro atoms. The van der Waals surface area contributed by atoms with Crippen LogP contribution in [0.25, 0.3) is 16.9 Å². The first-order chi connectivity index (χ1) is 16.4. The number of carbonyl (C=O) groups is 3. The molecule has 1 fully saturated rings. The number of carbonyl (C=O) groups excluding carboxylic acids is 3. The number of halogens is 1. The summed E-state index contributed by atoms with van der Waals surface area (Å²) in [5, 5.41) is 33.9. The number of aliphatic hydroxyl groups excluding tert-OH is 2. The van der Waals surface area contributed by atoms with Gasteiger partial charge in [0.05, 0.1) is 17.5 Å². The molecule has 36 heavy (non-hydrogen) atoms. The van der Waals surface area contributed by atoms with Gasteiger partial charge in [-0.1, -0.05) is 13.3 Å². The molecule has 0 saturated heterocycles. The van der Waals surface area contributed by atoms with Crippen LogP contribution in [0.1, 0.15) is 29.0 Å². The molecule has 2 aromatic rings. The van der Waals surface area contributed by atoms with Gasteiger partial charge < -0.3 is 25.5 Å². The maximum atomic E-state index is 13.9. The summed E-state index contributed by atoms with van der Waals surface area (Å²) in [4.78, 5) is 44.7. The molecule has 3 aliphatic rings. The van der Waals surface area contributed by atoms with Crippen LogP contribution >= 0.6 is 11.6 Å². The number of nitrogens with zero attached hydrogens (tertiary/aromatic N) is 2. The second kappa shape index (κ2) is 9.02. The van der Waals surface area contributed by atoms with E-state index in [4.69, 9.17) is 21.8 Å². The Morgan fingerprint density at radius 1 is 1.33 bits per heavy atom. The van der Waals surface area contributed by atoms with Crippen molar-refractivity contribution in [3.8, 4) is 0 Å². The number of amides is 1. The van der Waals surface area contributed by atoms with Gasteiger partial charge in [0.15, 0.2) is 17.3 Å². The first-order valence-electron chi connectivity index (χ1n) is 11.0. The molecular formula is C24H23ClN3O7Y-. The zero-order valence-electron chi connectivity index (χ0n) is 19.8. The van der Waals surface area contributed by atoms with Crippen molar-refractivity contribution in [1.29, 1.82) is 0 Å². The summed E-state index contributed by atoms with van der Waals surface area (Å²) in [5.41, 5.74) is 3.95. The maximum absolute atomic E-state index is 13.9. The molecule has 5 N–H and O–H groups in total. The van der Waals surface area contributed by atoms with E-state index in [-0.39, 0.29) is 67.6 Å². The average Bonchev–Trinajstić information content (AvgIpc) is 3.18. The number of aromatic nitrogens is 1. The molecule has 1 radical (unpaired) electrons. The van der Waals surface area contributed by atoms with Crippen LogP contribution in [0.15, 0.2) is 21.3 Å². The minimum absolute atomic E-state index is 0. The van der Waals surface area contributed by atoms with E-state index >= 15 is 0 Å². The molecule has 0 bridgehead atoms. The van der Waals surface area contributed by atoms with E-state index in [9.17, 15) is 29.7 Å². The Hall–Kier alpha value is -2.11. The molecule has 1 heterocycles. The number of alkyl halides is 1. The smallest absolute Gasteiger partial charge is 0.255 e. The number of fused-ring (bicyclic) bond motifs is 5. The SMILES string of the molecule is Cc1[c-]c2nc(CCl)oc2c2c1C[C@H]1C[C@H]3[C@H](N(C)C)C(=O)C(C(N)=O)=C(O)[C@@]3(O)C(=O)C1=C2O.[Y]. The van der Waals surface area contributed by atoms with Crippen LogP contribution < -0.4 is 5.73 Å². The monoisotopic (exact) mass is 589 g/mol. The number of hydrogen-bond acceptors (Lipinski definition) is 9. The summed E-state index contributed by atoms with van der Waals surface area (Å²) < 4.78 is 5.71. The molecule has 1 saturated carbocycles. The molecule has 4 atom stereocenters. The van der Waals surface area contributed by atoms with Crippen molar-refractivity contribution in [2.24, 2.45) is 17.6 Å². The number of aryl methyl sites for hydroxylation is 1. The number of primary amides is 1. The normalized spacial score (nSPS) is 27.7. The number of benzene rings is 1. The fraction of sp³-hybridized carbons (Fsp3) is 0.417. The summed E-state index contributed by atoms with van der Waals surface area (Å²) in [7, 11) is 3.14. The third-order valence-electron chi connectivity index (χ3n) is 7.39. The van der Waals surface area contributed by atoms with Gasteiger partial charge in [0.2, 0.25) is 5.78 Å². The quantitative estimate of drug-likeness (QED) is 0.234. The van der Waals surface area contributed by atoms with E-state index in [0.717, 1.165) is 0 Å². The van der Waals surface area contributed by atoms with Crippen LogP contribution in [0.5, 0.6) is 0 Å². The third kappa shape index (κ3) is 3.45. The number of nitrogens with two attached hydrogens (primary N) is 1. The van der Waals surface area contributed by atoms with E-state index in [1.807, 2.05) is 0 Å². The number of ketones is 2. The van der Waals surface area contributed by atoms with Crippen LogP contribution in [0.4, 0.5) is 0 Å². The van der Waals surface area contributed by atoms with Crippen molar-refractivity contribution in [2.75, 3.05) is 14.1 Å². The zero-order chi connectivity index (χ0) is 25.6. The summed E-state index contributed by atoms with van der Waals surface area (Å²) in [5.74, 6) is -5.96. The van der Waals surface area contributed by atoms with Crippen molar-refractivity contribution in [2.45, 2.75) is 37.3 Å². The van der Waals surface area contributed by atoms with Crippen molar-refractivity contribution in [3.05, 3.63) is 45.6 Å². The van der Waals surface area contributed by atoms with Gasteiger partial charge in [0, 0.05) is 44.2 Å². The molecule has 5 rings (SSSR count). The molecule has 10 nitrogen and oxygen atoms in total. The van der Waals surface area contributed by atoms with E-state index < -0.39 is 58.0 Å². The number of likely N-dealkylation sites (N-methyl/N-ethyl adjacent to an activating group) is 1. The maximum Gasteiger partial charge on any atom is 0.255 e. The van der Waals surface area contributed by atoms with Gasteiger partial charge in [-0.15, -0.1) is 23.2 Å². The zero-order valence-corrected chi connectivity index (χ0v) is 23.3. The van der Waals surface area contributed by atoms with Crippen LogP contribution in [0.2, 0.25) is 0 Å². The fourth-order valence-corrected chi connectivity index (χ4v) is 6.01. The van der Waals surface area contributed by atoms with Crippen LogP contribution in [0.3, 0.4) is 0 Å². The predicted molar refractivity (Wildman–Crippen MR) is 123 cm³/mol. The summed E-state index contributed by atoms with van der Waals surface area (Å²) in [6.07, 6.45) is 0.371. The van der Waals surface area contributed by atoms with Gasteiger partial charge in [-0.2, -0.15) is 5.56 Å². The van der Waals surface area contributed by atoms with Gasteiger partial charge in [-0.25, -0.2) is 4.98 Å². The van der Waals surface area contributed by atoms with Crippen LogP contribution in [-0.4, -0.2) is 68.4 Å². The van der Waals surface area contributed by atoms with Gasteiger partial charge in [0.1, 0.15) is 17.1 Å². The van der Waals surface area contributed by atoms with Crippen LogP contribution in [-0.2, 0) is 59.4 Å². The second-order valence-corrected chi connectivity index (χ2v) is 9.75. The van der Waals surface area contributed by atoms with Gasteiger partial charge >= 0.3 is 0 Å². The van der Waals surface area contributed by atoms with Crippen LogP contribution in [0, 0.1) is 24.8 Å². The standard InChI is InChI=1S/C24H23ClN3O7.Y/c1-8-4-12-20(35-13(7-25)27-12)15-10(8)5-9-6-11-17(28(2)3)19(30)16(23(26)33)22(32)24(11,34)21(31)14(9)18(15)29;/h9,11,17,29,32,34H,5-7H2,1-3H3,(H2,26,33);/q-1;/t9-,11-,17-,24-;/m0./s1. The Kier molecular flexibility index (Phi) is 6.75. The number of hydrogen-bond donors (Lipinski definition) is 4. The summed E-state index contributed by atoms with van der Waals surface area (Å²) >= 11 is 5.86. The molecule has 12 heteroatoms. The van der Waals surface area contributed by atoms with Gasteiger partial charge in [-0.3, -0.25) is 19.3 Å². The van der Waals surface area contributed by atoms with Gasteiger partial charge in [-0.05, 0) is 37.5 Å². The number of rotatable bonds is 3. The largest absolute Gasteiger partial charge is 0.509 e. The number of aliphatic hydroxyl groups is 3. The third-order valence-corrected chi connectivity index (χ3v) is 7.62. The Labute approximate surface area is 236 Å². The second-order valence-electron chi connectivity index (χ2n) is 9.48. The first kappa shape index (κ1) is 26.9. The van der Waals surface area contributed by atoms with E-state index in [0.29, 0.717) is 23.1 Å². The molecule has 1 amide bonds. The van der Waals surface area contributed by atoms with Crippen molar-refractivity contribution in [3.63, 3.8) is 0 Å². The summed E-state index contributed by atoms with van der Waals surface area (Å²) in [6, 6.07) is 2.04. The molecule has 1 aromatic heterocycles. The molecular weight excluding hydrogens is 567 g/mol. The Morgan fingerprint density at radius 2 is 2.00 bits per heavy atom. The fourth-order valence-electron chi connectivity index (χ4n) is 5.89. The molecule has 187 valence electrons. The number of oxazole rings is 1. The van der Waals surface area contributed by atoms with Gasteiger partial charge in [0.25, 0.3) is 5.91 Å². The minimum atomic E-state index is -2.62. The Morgan fingerprint density at radius 3 is 2.58 bits per heavy atom. The Bertz CT molecular complexity index is 1410. The first-order valence-corrected chi connectivity index (χ1v) is 11.5. The van der Waals surface area contributed by atoms with E-state index in [1.54, 1.807) is 21.0 Å². The van der Waals surface area contributed by atoms with Crippen molar-refractivity contribution in [1.82, 2.24) is 9.88 Å². The summed E-state index contributed by atoms with van der Waals surface area (Å²) in [6.45, 7) is 1.80. The van der Waals surface area contributed by atoms with Crippen molar-refractivity contribution >= 4 is 45.9 Å². The number of Topliss-reactive ketones (excluding diaryl/α,β-unsaturated/α-hetero) is 2. The van der Waals surface area contributed by atoms with E-state index in [2.05, 4.69) is 11.1 Å². The minimum Gasteiger partial charge on any atom is -0.509 e. The van der Waals surface area contributed by atoms with E-state index in [1.165, 1.54) is 4.90 Å². The molecule has 0 unspecified atom stereocenters. The van der Waals surface area contributed by atoms with Crippen molar-refractivity contribution < 1.29 is 66.8 Å². The predicted octanol–water partition coefficient (Wildman–Crippen LogP) is 1.24. The topological polar surface area (TPSA) is 167 Å². The Balaban J connectivity index is 0.00000304. The average molecular weight is 590 g/mol.